The van der Waals surface area contributed by atoms with Gasteiger partial charge < -0.3 is 9.80 Å². The summed E-state index contributed by atoms with van der Waals surface area (Å²) in [4.78, 5) is 15.6. The van der Waals surface area contributed by atoms with Crippen LogP contribution in [0.15, 0.2) is 42.5 Å². The van der Waals surface area contributed by atoms with Crippen LogP contribution in [0.5, 0.6) is 0 Å². The molecule has 5 heteroatoms. The van der Waals surface area contributed by atoms with Crippen molar-refractivity contribution in [2.45, 2.75) is 19.3 Å². The van der Waals surface area contributed by atoms with E-state index in [2.05, 4.69) is 15.9 Å². The minimum Gasteiger partial charge on any atom is -0.371 e. The Balaban J connectivity index is 1.41. The monoisotopic (exact) mass is 379 g/mol. The molecule has 2 saturated heterocycles. The van der Waals surface area contributed by atoms with Gasteiger partial charge >= 0.3 is 0 Å². The van der Waals surface area contributed by atoms with E-state index in [4.69, 9.17) is 16.9 Å². The molecule has 138 valence electrons. The molecular weight excluding hydrogens is 358 g/mol. The van der Waals surface area contributed by atoms with Crippen LogP contribution in [-0.2, 0) is 0 Å². The summed E-state index contributed by atoms with van der Waals surface area (Å²) in [5.41, 5.74) is 3.93. The fourth-order valence-electron chi connectivity index (χ4n) is 4.36. The van der Waals surface area contributed by atoms with Crippen LogP contribution >= 0.6 is 11.6 Å². The number of aldehydes is 1. The lowest BCUT2D eigenvalue weighted by Crippen LogP contribution is -2.41. The van der Waals surface area contributed by atoms with Gasteiger partial charge in [-0.25, -0.2) is 0 Å². The zero-order chi connectivity index (χ0) is 18.9. The fraction of sp³-hybridized carbons (Fsp3) is 0.364. The van der Waals surface area contributed by atoms with Crippen molar-refractivity contribution < 1.29 is 4.79 Å². The Morgan fingerprint density at radius 3 is 2.19 bits per heavy atom. The lowest BCUT2D eigenvalue weighted by molar-refractivity contribution is 0.112. The number of hydrogen-bond donors (Lipinski definition) is 0. The molecule has 2 aromatic rings. The van der Waals surface area contributed by atoms with Crippen molar-refractivity contribution >= 4 is 29.3 Å². The standard InChI is InChI=1S/C22H22ClN3O/c23-21-13-20(6-3-18(21)14-24)26-12-9-22(16-26)7-10-25(11-8-22)19-4-1-17(15-27)2-5-19/h1-6,13,15H,7-12,16H2. The van der Waals surface area contributed by atoms with Crippen LogP contribution < -0.4 is 9.80 Å². The molecule has 2 aliphatic heterocycles. The Labute approximate surface area is 165 Å². The van der Waals surface area contributed by atoms with Gasteiger partial charge in [-0.1, -0.05) is 11.6 Å². The second-order valence-electron chi connectivity index (χ2n) is 7.64. The van der Waals surface area contributed by atoms with Gasteiger partial charge in [0.05, 0.1) is 10.6 Å². The number of benzene rings is 2. The molecule has 2 heterocycles. The highest BCUT2D eigenvalue weighted by atomic mass is 35.5. The average molecular weight is 380 g/mol. The number of rotatable bonds is 3. The third-order valence-corrected chi connectivity index (χ3v) is 6.41. The van der Waals surface area contributed by atoms with Crippen LogP contribution in [-0.4, -0.2) is 32.5 Å². The van der Waals surface area contributed by atoms with Crippen molar-refractivity contribution in [1.29, 1.82) is 5.26 Å². The average Bonchev–Trinajstić information content (AvgIpc) is 3.12. The zero-order valence-corrected chi connectivity index (χ0v) is 16.0. The molecule has 0 unspecified atom stereocenters. The van der Waals surface area contributed by atoms with Gasteiger partial charge in [0.1, 0.15) is 12.4 Å². The molecule has 0 atom stereocenters. The van der Waals surface area contributed by atoms with E-state index < -0.39 is 0 Å². The number of carbonyl (C=O) groups is 1. The molecule has 0 bridgehead atoms. The molecular formula is C22H22ClN3O. The number of nitrogens with zero attached hydrogens (tertiary/aromatic N) is 3. The molecule has 2 aliphatic rings. The number of hydrogen-bond acceptors (Lipinski definition) is 4. The van der Waals surface area contributed by atoms with Crippen molar-refractivity contribution in [2.75, 3.05) is 36.0 Å². The number of carbonyl (C=O) groups excluding carboxylic acids is 1. The first-order valence-corrected chi connectivity index (χ1v) is 9.75. The van der Waals surface area contributed by atoms with Crippen LogP contribution in [0.1, 0.15) is 35.2 Å². The van der Waals surface area contributed by atoms with Gasteiger partial charge in [-0.15, -0.1) is 0 Å². The molecule has 1 spiro atoms. The normalized spacial score (nSPS) is 18.5. The Bertz CT molecular complexity index is 879. The van der Waals surface area contributed by atoms with Gasteiger partial charge in [-0.05, 0) is 67.1 Å². The lowest BCUT2D eigenvalue weighted by atomic mass is 9.77. The Kier molecular flexibility index (Phi) is 4.80. The zero-order valence-electron chi connectivity index (χ0n) is 15.2. The van der Waals surface area contributed by atoms with Gasteiger partial charge in [0.25, 0.3) is 0 Å². The Hall–Kier alpha value is -2.51. The van der Waals surface area contributed by atoms with E-state index in [0.29, 0.717) is 16.0 Å². The molecule has 2 fully saturated rings. The molecule has 0 N–H and O–H groups in total. The third-order valence-electron chi connectivity index (χ3n) is 6.10. The van der Waals surface area contributed by atoms with E-state index >= 15 is 0 Å². The summed E-state index contributed by atoms with van der Waals surface area (Å²) < 4.78 is 0. The van der Waals surface area contributed by atoms with Crippen molar-refractivity contribution in [3.8, 4) is 6.07 Å². The quantitative estimate of drug-likeness (QED) is 0.735. The summed E-state index contributed by atoms with van der Waals surface area (Å²) in [6.07, 6.45) is 4.42. The number of piperidine rings is 1. The predicted molar refractivity (Wildman–Crippen MR) is 109 cm³/mol. The van der Waals surface area contributed by atoms with E-state index in [-0.39, 0.29) is 0 Å². The fourth-order valence-corrected chi connectivity index (χ4v) is 4.58. The van der Waals surface area contributed by atoms with E-state index in [1.807, 2.05) is 42.5 Å². The van der Waals surface area contributed by atoms with Crippen LogP contribution in [0, 0.1) is 16.7 Å². The van der Waals surface area contributed by atoms with Crippen molar-refractivity contribution in [1.82, 2.24) is 0 Å². The molecule has 4 nitrogen and oxygen atoms in total. The van der Waals surface area contributed by atoms with E-state index in [1.54, 1.807) is 0 Å². The van der Waals surface area contributed by atoms with E-state index in [1.165, 1.54) is 24.9 Å². The maximum absolute atomic E-state index is 10.8. The van der Waals surface area contributed by atoms with Gasteiger partial charge in [-0.3, -0.25) is 4.79 Å². The SMILES string of the molecule is N#Cc1ccc(N2CCC3(CCN(c4ccc(C=O)cc4)CC3)C2)cc1Cl. The minimum atomic E-state index is 0.361. The molecule has 0 radical (unpaired) electrons. The van der Waals surface area contributed by atoms with Gasteiger partial charge in [-0.2, -0.15) is 5.26 Å². The molecule has 0 aromatic heterocycles. The van der Waals surface area contributed by atoms with Crippen LogP contribution in [0.4, 0.5) is 11.4 Å². The lowest BCUT2D eigenvalue weighted by Gasteiger charge is -2.40. The number of halogens is 1. The summed E-state index contributed by atoms with van der Waals surface area (Å²) in [7, 11) is 0. The first-order valence-electron chi connectivity index (χ1n) is 9.37. The predicted octanol–water partition coefficient (Wildman–Crippen LogP) is 4.52. The maximum atomic E-state index is 10.8. The summed E-state index contributed by atoms with van der Waals surface area (Å²) in [5, 5.41) is 9.58. The van der Waals surface area contributed by atoms with E-state index in [9.17, 15) is 4.79 Å². The molecule has 0 amide bonds. The third kappa shape index (κ3) is 3.52. The second kappa shape index (κ2) is 7.25. The van der Waals surface area contributed by atoms with Crippen molar-refractivity contribution in [2.24, 2.45) is 5.41 Å². The molecule has 0 saturated carbocycles. The van der Waals surface area contributed by atoms with Crippen LogP contribution in [0.2, 0.25) is 5.02 Å². The number of anilines is 2. The van der Waals surface area contributed by atoms with Crippen LogP contribution in [0.3, 0.4) is 0 Å². The summed E-state index contributed by atoms with van der Waals surface area (Å²) in [5.74, 6) is 0. The molecule has 27 heavy (non-hydrogen) atoms. The van der Waals surface area contributed by atoms with Gasteiger partial charge in [0.2, 0.25) is 0 Å². The highest BCUT2D eigenvalue weighted by Gasteiger charge is 2.40. The summed E-state index contributed by atoms with van der Waals surface area (Å²) >= 11 is 6.22. The second-order valence-corrected chi connectivity index (χ2v) is 8.05. The van der Waals surface area contributed by atoms with Crippen molar-refractivity contribution in [3.05, 3.63) is 58.6 Å². The maximum Gasteiger partial charge on any atom is 0.150 e. The van der Waals surface area contributed by atoms with Crippen molar-refractivity contribution in [3.63, 3.8) is 0 Å². The highest BCUT2D eigenvalue weighted by molar-refractivity contribution is 6.32. The Morgan fingerprint density at radius 1 is 0.963 bits per heavy atom. The highest BCUT2D eigenvalue weighted by Crippen LogP contribution is 2.43. The number of nitriles is 1. The topological polar surface area (TPSA) is 47.3 Å². The largest absolute Gasteiger partial charge is 0.371 e. The van der Waals surface area contributed by atoms with E-state index in [0.717, 1.165) is 43.7 Å². The van der Waals surface area contributed by atoms with Crippen LogP contribution in [0.25, 0.3) is 0 Å². The first kappa shape index (κ1) is 17.9. The molecule has 2 aromatic carbocycles. The minimum absolute atomic E-state index is 0.361. The van der Waals surface area contributed by atoms with Gasteiger partial charge in [0.15, 0.2) is 0 Å². The Morgan fingerprint density at radius 2 is 1.59 bits per heavy atom. The smallest absolute Gasteiger partial charge is 0.150 e. The summed E-state index contributed by atoms with van der Waals surface area (Å²) in [6, 6.07) is 15.7. The molecule has 4 rings (SSSR count). The molecule has 0 aliphatic carbocycles. The summed E-state index contributed by atoms with van der Waals surface area (Å²) in [6.45, 7) is 4.17. The first-order chi connectivity index (χ1) is 13.1. The van der Waals surface area contributed by atoms with Gasteiger partial charge in [0, 0.05) is 43.1 Å².